The molecule has 4 heteroatoms. The Morgan fingerprint density at radius 3 is 2.74 bits per heavy atom. The smallest absolute Gasteiger partial charge is 0.178 e. The number of pyridine rings is 1. The van der Waals surface area contributed by atoms with E-state index in [-0.39, 0.29) is 0 Å². The van der Waals surface area contributed by atoms with Gasteiger partial charge in [0.2, 0.25) is 0 Å². The van der Waals surface area contributed by atoms with Gasteiger partial charge in [-0.2, -0.15) is 0 Å². The van der Waals surface area contributed by atoms with E-state index in [9.17, 15) is 0 Å². The van der Waals surface area contributed by atoms with Crippen LogP contribution < -0.4 is 5.32 Å². The van der Waals surface area contributed by atoms with Crippen molar-refractivity contribution in [2.24, 2.45) is 0 Å². The summed E-state index contributed by atoms with van der Waals surface area (Å²) in [6, 6.07) is 12.5. The fourth-order valence-corrected chi connectivity index (χ4v) is 2.22. The van der Waals surface area contributed by atoms with Crippen LogP contribution in [-0.2, 0) is 6.54 Å². The van der Waals surface area contributed by atoms with Crippen molar-refractivity contribution in [3.8, 4) is 0 Å². The zero-order valence-corrected chi connectivity index (χ0v) is 11.1. The molecule has 19 heavy (non-hydrogen) atoms. The number of imidazole rings is 1. The molecule has 2 heterocycles. The minimum absolute atomic E-state index is 0.799. The largest absolute Gasteiger partial charge is 0.387 e. The van der Waals surface area contributed by atoms with Crippen molar-refractivity contribution in [1.29, 1.82) is 0 Å². The van der Waals surface area contributed by atoms with Crippen LogP contribution in [0.25, 0.3) is 11.2 Å². The average molecular weight is 252 g/mol. The molecule has 1 N–H and O–H groups in total. The van der Waals surface area contributed by atoms with Gasteiger partial charge >= 0.3 is 0 Å². The van der Waals surface area contributed by atoms with Crippen LogP contribution in [0.2, 0.25) is 0 Å². The molecule has 0 bridgehead atoms. The van der Waals surface area contributed by atoms with E-state index in [0.29, 0.717) is 0 Å². The molecule has 2 aromatic heterocycles. The standard InChI is InChI=1S/C15H16N4/c1-11-18-15-14(8-13(16-2)9-17-15)19(11)10-12-6-4-3-5-7-12/h3-9,16H,10H2,1-2H3. The van der Waals surface area contributed by atoms with Crippen molar-refractivity contribution < 1.29 is 0 Å². The van der Waals surface area contributed by atoms with Crippen LogP contribution in [0.4, 0.5) is 5.69 Å². The summed E-state index contributed by atoms with van der Waals surface area (Å²) in [5.74, 6) is 0.986. The lowest BCUT2D eigenvalue weighted by Gasteiger charge is -2.07. The number of hydrogen-bond acceptors (Lipinski definition) is 3. The Balaban J connectivity index is 2.09. The second-order valence-corrected chi connectivity index (χ2v) is 4.55. The predicted molar refractivity (Wildman–Crippen MR) is 77.4 cm³/mol. The third-order valence-corrected chi connectivity index (χ3v) is 3.27. The number of anilines is 1. The van der Waals surface area contributed by atoms with Crippen LogP contribution in [-0.4, -0.2) is 21.6 Å². The van der Waals surface area contributed by atoms with Gasteiger partial charge in [-0.3, -0.25) is 0 Å². The van der Waals surface area contributed by atoms with Crippen molar-refractivity contribution in [2.75, 3.05) is 12.4 Å². The second-order valence-electron chi connectivity index (χ2n) is 4.55. The number of rotatable bonds is 3. The van der Waals surface area contributed by atoms with Crippen LogP contribution in [0, 0.1) is 6.92 Å². The van der Waals surface area contributed by atoms with Crippen molar-refractivity contribution in [3.63, 3.8) is 0 Å². The van der Waals surface area contributed by atoms with Gasteiger partial charge in [0, 0.05) is 13.6 Å². The summed E-state index contributed by atoms with van der Waals surface area (Å²) < 4.78 is 2.19. The lowest BCUT2D eigenvalue weighted by molar-refractivity contribution is 0.786. The number of nitrogens with zero attached hydrogens (tertiary/aromatic N) is 3. The molecule has 0 saturated heterocycles. The molecule has 0 atom stereocenters. The first-order valence-electron chi connectivity index (χ1n) is 6.32. The van der Waals surface area contributed by atoms with E-state index in [2.05, 4.69) is 50.2 Å². The summed E-state index contributed by atoms with van der Waals surface area (Å²) in [7, 11) is 1.90. The third-order valence-electron chi connectivity index (χ3n) is 3.27. The highest BCUT2D eigenvalue weighted by Gasteiger charge is 2.09. The Hall–Kier alpha value is -2.36. The van der Waals surface area contributed by atoms with Gasteiger partial charge in [-0.15, -0.1) is 0 Å². The first-order chi connectivity index (χ1) is 9.28. The highest BCUT2D eigenvalue weighted by atomic mass is 15.1. The number of fused-ring (bicyclic) bond motifs is 1. The zero-order valence-electron chi connectivity index (χ0n) is 11.1. The number of nitrogens with one attached hydrogen (secondary N) is 1. The van der Waals surface area contributed by atoms with Gasteiger partial charge in [0.15, 0.2) is 5.65 Å². The summed E-state index contributed by atoms with van der Waals surface area (Å²) in [5.41, 5.74) is 4.13. The Kier molecular flexibility index (Phi) is 2.91. The maximum Gasteiger partial charge on any atom is 0.178 e. The lowest BCUT2D eigenvalue weighted by atomic mass is 10.2. The number of hydrogen-bond donors (Lipinski definition) is 1. The molecule has 0 aliphatic heterocycles. The molecule has 0 amide bonds. The first kappa shape index (κ1) is 11.7. The lowest BCUT2D eigenvalue weighted by Crippen LogP contribution is -2.02. The average Bonchev–Trinajstić information content (AvgIpc) is 2.76. The van der Waals surface area contributed by atoms with Crippen LogP contribution in [0.3, 0.4) is 0 Å². The summed E-state index contributed by atoms with van der Waals surface area (Å²) >= 11 is 0. The molecule has 1 aromatic carbocycles. The van der Waals surface area contributed by atoms with E-state index in [1.165, 1.54) is 5.56 Å². The van der Waals surface area contributed by atoms with Gasteiger partial charge in [-0.1, -0.05) is 30.3 Å². The van der Waals surface area contributed by atoms with Gasteiger partial charge in [-0.05, 0) is 18.6 Å². The van der Waals surface area contributed by atoms with Gasteiger partial charge in [-0.25, -0.2) is 9.97 Å². The second kappa shape index (κ2) is 4.72. The fourth-order valence-electron chi connectivity index (χ4n) is 2.22. The molecular formula is C15H16N4. The SMILES string of the molecule is CNc1cnc2nc(C)n(Cc3ccccc3)c2c1. The van der Waals surface area contributed by atoms with E-state index in [1.54, 1.807) is 0 Å². The molecule has 0 spiro atoms. The quantitative estimate of drug-likeness (QED) is 0.779. The predicted octanol–water partition coefficient (Wildman–Crippen LogP) is 2.83. The fraction of sp³-hybridized carbons (Fsp3) is 0.200. The molecule has 0 saturated carbocycles. The Bertz CT molecular complexity index is 701. The van der Waals surface area contributed by atoms with E-state index in [0.717, 1.165) is 29.2 Å². The van der Waals surface area contributed by atoms with E-state index < -0.39 is 0 Å². The topological polar surface area (TPSA) is 42.7 Å². The van der Waals surface area contributed by atoms with Gasteiger partial charge in [0.1, 0.15) is 5.82 Å². The van der Waals surface area contributed by atoms with E-state index in [4.69, 9.17) is 0 Å². The van der Waals surface area contributed by atoms with E-state index >= 15 is 0 Å². The summed E-state index contributed by atoms with van der Waals surface area (Å²) in [4.78, 5) is 8.89. The summed E-state index contributed by atoms with van der Waals surface area (Å²) in [6.45, 7) is 2.84. The number of aromatic nitrogens is 3. The Morgan fingerprint density at radius 2 is 2.00 bits per heavy atom. The maximum atomic E-state index is 4.51. The first-order valence-corrected chi connectivity index (χ1v) is 6.32. The Labute approximate surface area is 112 Å². The molecule has 0 radical (unpaired) electrons. The molecule has 0 aliphatic carbocycles. The Morgan fingerprint density at radius 1 is 1.21 bits per heavy atom. The van der Waals surface area contributed by atoms with Crippen LogP contribution >= 0.6 is 0 Å². The normalized spacial score (nSPS) is 10.8. The van der Waals surface area contributed by atoms with Crippen LogP contribution in [0.1, 0.15) is 11.4 Å². The van der Waals surface area contributed by atoms with Crippen molar-refractivity contribution in [2.45, 2.75) is 13.5 Å². The minimum Gasteiger partial charge on any atom is -0.387 e. The molecule has 0 fully saturated rings. The summed E-state index contributed by atoms with van der Waals surface area (Å²) in [6.07, 6.45) is 1.81. The molecule has 3 aromatic rings. The van der Waals surface area contributed by atoms with E-state index in [1.807, 2.05) is 26.2 Å². The van der Waals surface area contributed by atoms with Gasteiger partial charge < -0.3 is 9.88 Å². The molecule has 4 nitrogen and oxygen atoms in total. The molecular weight excluding hydrogens is 236 g/mol. The highest BCUT2D eigenvalue weighted by molar-refractivity contribution is 5.75. The van der Waals surface area contributed by atoms with Gasteiger partial charge in [0.05, 0.1) is 17.4 Å². The van der Waals surface area contributed by atoms with Crippen LogP contribution in [0.15, 0.2) is 42.6 Å². The highest BCUT2D eigenvalue weighted by Crippen LogP contribution is 2.19. The molecule has 3 rings (SSSR count). The number of aryl methyl sites for hydroxylation is 1. The molecule has 96 valence electrons. The monoisotopic (exact) mass is 252 g/mol. The van der Waals surface area contributed by atoms with Crippen molar-refractivity contribution in [3.05, 3.63) is 54.0 Å². The molecule has 0 unspecified atom stereocenters. The van der Waals surface area contributed by atoms with Crippen molar-refractivity contribution >= 4 is 16.9 Å². The third kappa shape index (κ3) is 2.17. The number of benzene rings is 1. The van der Waals surface area contributed by atoms with Crippen LogP contribution in [0.5, 0.6) is 0 Å². The summed E-state index contributed by atoms with van der Waals surface area (Å²) in [5, 5.41) is 3.12. The minimum atomic E-state index is 0.799. The zero-order chi connectivity index (χ0) is 13.2. The van der Waals surface area contributed by atoms with Crippen molar-refractivity contribution in [1.82, 2.24) is 14.5 Å². The maximum absolute atomic E-state index is 4.51. The molecule has 0 aliphatic rings. The van der Waals surface area contributed by atoms with Gasteiger partial charge in [0.25, 0.3) is 0 Å².